The number of halogens is 2. The molecule has 0 spiro atoms. The van der Waals surface area contributed by atoms with Crippen molar-refractivity contribution in [2.75, 3.05) is 32.9 Å². The molecule has 9 nitrogen and oxygen atoms in total. The monoisotopic (exact) mass is 563 g/mol. The van der Waals surface area contributed by atoms with Gasteiger partial charge < -0.3 is 28.8 Å². The number of aromatic nitrogens is 2. The van der Waals surface area contributed by atoms with Crippen LogP contribution in [0.15, 0.2) is 40.6 Å². The van der Waals surface area contributed by atoms with Crippen molar-refractivity contribution in [2.24, 2.45) is 0 Å². The van der Waals surface area contributed by atoms with Gasteiger partial charge in [-0.05, 0) is 30.7 Å². The third-order valence-corrected chi connectivity index (χ3v) is 7.01. The highest BCUT2D eigenvalue weighted by molar-refractivity contribution is 7.13. The first kappa shape index (κ1) is 26.6. The average Bonchev–Trinajstić information content (AvgIpc) is 3.62. The molecule has 1 aliphatic carbocycles. The van der Waals surface area contributed by atoms with Crippen LogP contribution in [0.5, 0.6) is 23.0 Å². The number of fused-ring (bicyclic) bond motifs is 6. The maximum Gasteiger partial charge on any atom is 0.259 e. The molecule has 1 aliphatic heterocycles. The fourth-order valence-corrected chi connectivity index (χ4v) is 5.26. The number of nitrogens with one attached hydrogen (secondary N) is 1. The fraction of sp³-hybridized carbons (Fsp3) is 0.240. The van der Waals surface area contributed by atoms with E-state index in [4.69, 9.17) is 18.9 Å². The van der Waals surface area contributed by atoms with E-state index in [1.54, 1.807) is 35.0 Å². The van der Waals surface area contributed by atoms with Gasteiger partial charge in [0.2, 0.25) is 6.79 Å². The summed E-state index contributed by atoms with van der Waals surface area (Å²) >= 11 is 1.52. The normalized spacial score (nSPS) is 12.4. The molecule has 194 valence electrons. The van der Waals surface area contributed by atoms with Crippen molar-refractivity contribution in [3.05, 3.63) is 57.3 Å². The minimum atomic E-state index is -0.202. The quantitative estimate of drug-likeness (QED) is 0.283. The lowest BCUT2D eigenvalue weighted by Gasteiger charge is -2.17. The molecule has 12 heteroatoms. The van der Waals surface area contributed by atoms with E-state index < -0.39 is 0 Å². The molecule has 0 atom stereocenters. The van der Waals surface area contributed by atoms with Gasteiger partial charge in [0.05, 0.1) is 30.9 Å². The summed E-state index contributed by atoms with van der Waals surface area (Å²) in [6, 6.07) is 6.83. The Labute approximate surface area is 228 Å². The number of carbonyl (C=O) groups excluding carboxylic acids is 1. The SMILES string of the molecule is COc1cc2c3c(n(CCCNc4nccs4)c(=O)c2cc1OC)-c1cc2c(cc1C3=O)OCO2.Cl.Cl. The molecule has 0 bridgehead atoms. The second-order valence-electron chi connectivity index (χ2n) is 8.13. The molecule has 2 aromatic carbocycles. The van der Waals surface area contributed by atoms with Crippen molar-refractivity contribution in [2.45, 2.75) is 13.0 Å². The number of methoxy groups -OCH3 is 2. The van der Waals surface area contributed by atoms with Gasteiger partial charge in [0.25, 0.3) is 5.56 Å². The second-order valence-corrected chi connectivity index (χ2v) is 9.03. The molecule has 1 N–H and O–H groups in total. The number of carbonyl (C=O) groups is 1. The predicted octanol–water partition coefficient (Wildman–Crippen LogP) is 4.76. The van der Waals surface area contributed by atoms with Gasteiger partial charge in [0.15, 0.2) is 33.9 Å². The van der Waals surface area contributed by atoms with Crippen molar-refractivity contribution < 1.29 is 23.7 Å². The van der Waals surface area contributed by atoms with Gasteiger partial charge >= 0.3 is 0 Å². The largest absolute Gasteiger partial charge is 0.493 e. The van der Waals surface area contributed by atoms with Crippen LogP contribution < -0.4 is 29.8 Å². The van der Waals surface area contributed by atoms with Gasteiger partial charge in [-0.3, -0.25) is 9.59 Å². The molecular weight excluding hydrogens is 541 g/mol. The van der Waals surface area contributed by atoms with Crippen molar-refractivity contribution in [1.82, 2.24) is 9.55 Å². The number of ether oxygens (including phenoxy) is 4. The van der Waals surface area contributed by atoms with Crippen molar-refractivity contribution in [3.63, 3.8) is 0 Å². The van der Waals surface area contributed by atoms with Gasteiger partial charge in [-0.2, -0.15) is 0 Å². The first-order valence-electron chi connectivity index (χ1n) is 11.0. The van der Waals surface area contributed by atoms with E-state index in [9.17, 15) is 9.59 Å². The minimum Gasteiger partial charge on any atom is -0.493 e. The number of hydrogen-bond donors (Lipinski definition) is 1. The van der Waals surface area contributed by atoms with E-state index in [1.807, 2.05) is 5.38 Å². The summed E-state index contributed by atoms with van der Waals surface area (Å²) in [5, 5.41) is 6.92. The van der Waals surface area contributed by atoms with Crippen LogP contribution in [-0.4, -0.2) is 42.9 Å². The van der Waals surface area contributed by atoms with Gasteiger partial charge in [-0.15, -0.1) is 36.2 Å². The third kappa shape index (κ3) is 4.24. The number of ketones is 1. The number of thiazole rings is 1. The van der Waals surface area contributed by atoms with Crippen LogP contribution in [0.2, 0.25) is 0 Å². The van der Waals surface area contributed by atoms with E-state index in [2.05, 4.69) is 10.3 Å². The molecule has 0 fully saturated rings. The number of anilines is 1. The van der Waals surface area contributed by atoms with Crippen molar-refractivity contribution in [1.29, 1.82) is 0 Å². The Balaban J connectivity index is 0.00000160. The molecule has 0 radical (unpaired) electrons. The van der Waals surface area contributed by atoms with Crippen LogP contribution in [0, 0.1) is 0 Å². The maximum absolute atomic E-state index is 13.8. The Morgan fingerprint density at radius 2 is 1.68 bits per heavy atom. The van der Waals surface area contributed by atoms with Crippen LogP contribution in [0.25, 0.3) is 22.0 Å². The summed E-state index contributed by atoms with van der Waals surface area (Å²) < 4.78 is 23.6. The molecule has 2 aliphatic rings. The van der Waals surface area contributed by atoms with Gasteiger partial charge in [-0.1, -0.05) is 0 Å². The van der Waals surface area contributed by atoms with Gasteiger partial charge in [-0.25, -0.2) is 4.98 Å². The molecule has 6 rings (SSSR count). The highest BCUT2D eigenvalue weighted by Gasteiger charge is 2.35. The van der Waals surface area contributed by atoms with E-state index in [1.165, 1.54) is 25.6 Å². The summed E-state index contributed by atoms with van der Waals surface area (Å²) in [6.07, 6.45) is 2.39. The first-order valence-corrected chi connectivity index (χ1v) is 11.9. The first-order chi connectivity index (χ1) is 17.1. The molecule has 0 saturated carbocycles. The molecule has 0 saturated heterocycles. The van der Waals surface area contributed by atoms with E-state index >= 15 is 0 Å². The van der Waals surface area contributed by atoms with Crippen LogP contribution >= 0.6 is 36.2 Å². The average molecular weight is 564 g/mol. The van der Waals surface area contributed by atoms with Crippen LogP contribution in [0.3, 0.4) is 0 Å². The van der Waals surface area contributed by atoms with Crippen molar-refractivity contribution in [3.8, 4) is 34.3 Å². The molecule has 0 amide bonds. The number of benzene rings is 2. The molecule has 37 heavy (non-hydrogen) atoms. The highest BCUT2D eigenvalue weighted by atomic mass is 35.5. The number of rotatable bonds is 7. The zero-order chi connectivity index (χ0) is 24.1. The van der Waals surface area contributed by atoms with Crippen LogP contribution in [0.4, 0.5) is 5.13 Å². The Morgan fingerprint density at radius 3 is 2.32 bits per heavy atom. The fourth-order valence-electron chi connectivity index (χ4n) is 4.70. The summed E-state index contributed by atoms with van der Waals surface area (Å²) in [4.78, 5) is 31.7. The van der Waals surface area contributed by atoms with Gasteiger partial charge in [0.1, 0.15) is 0 Å². The minimum absolute atomic E-state index is 0. The predicted molar refractivity (Wildman–Crippen MR) is 146 cm³/mol. The van der Waals surface area contributed by atoms with Crippen LogP contribution in [-0.2, 0) is 6.54 Å². The topological polar surface area (TPSA) is 101 Å². The smallest absolute Gasteiger partial charge is 0.259 e. The summed E-state index contributed by atoms with van der Waals surface area (Å²) in [7, 11) is 3.04. The lowest BCUT2D eigenvalue weighted by Crippen LogP contribution is -2.24. The Bertz CT molecular complexity index is 1560. The van der Waals surface area contributed by atoms with E-state index in [-0.39, 0.29) is 42.9 Å². The lowest BCUT2D eigenvalue weighted by atomic mass is 10.0. The Morgan fingerprint density at radius 1 is 1.00 bits per heavy atom. The Kier molecular flexibility index (Phi) is 7.54. The van der Waals surface area contributed by atoms with Crippen LogP contribution in [0.1, 0.15) is 22.3 Å². The maximum atomic E-state index is 13.8. The summed E-state index contributed by atoms with van der Waals surface area (Å²) in [5.41, 5.74) is 2.00. The summed E-state index contributed by atoms with van der Waals surface area (Å²) in [6.45, 7) is 1.13. The lowest BCUT2D eigenvalue weighted by molar-refractivity contribution is 0.104. The Hall–Kier alpha value is -3.47. The molecule has 0 unspecified atom stereocenters. The molecule has 3 heterocycles. The summed E-state index contributed by atoms with van der Waals surface area (Å²) in [5.74, 6) is 1.79. The zero-order valence-corrected chi connectivity index (χ0v) is 22.3. The van der Waals surface area contributed by atoms with Gasteiger partial charge in [0, 0.05) is 41.2 Å². The van der Waals surface area contributed by atoms with Crippen molar-refractivity contribution >= 4 is 57.8 Å². The molecular formula is C25H23Cl2N3O6S. The zero-order valence-electron chi connectivity index (χ0n) is 19.9. The standard InChI is InChI=1S/C25H21N3O6S.2ClH/c1-31-17-8-13-16(11-18(17)32-2)24(30)28(6-3-4-26-25-27-5-7-35-25)22-14-9-19-20(34-12-33-19)10-15(14)23(29)21(13)22;;/h5,7-11H,3-4,6,12H2,1-2H3,(H,26,27);2*1H. The number of nitrogens with zero attached hydrogens (tertiary/aromatic N) is 2. The van der Waals surface area contributed by atoms with E-state index in [0.717, 1.165) is 5.13 Å². The highest BCUT2D eigenvalue weighted by Crippen LogP contribution is 2.46. The second kappa shape index (κ2) is 10.5. The molecule has 2 aromatic heterocycles. The van der Waals surface area contributed by atoms with E-state index in [0.29, 0.717) is 75.7 Å². The third-order valence-electron chi connectivity index (χ3n) is 6.28. The number of pyridine rings is 1. The molecule has 4 aromatic rings. The number of hydrogen-bond acceptors (Lipinski definition) is 9.